The normalized spacial score (nSPS) is 19.3. The number of rotatable bonds is 5. The van der Waals surface area contributed by atoms with Crippen molar-refractivity contribution < 1.29 is 8.42 Å². The molecule has 0 bridgehead atoms. The molecule has 0 spiro atoms. The van der Waals surface area contributed by atoms with E-state index in [-0.39, 0.29) is 11.8 Å². The second-order valence-corrected chi connectivity index (χ2v) is 9.40. The van der Waals surface area contributed by atoms with Crippen LogP contribution in [0, 0.1) is 6.92 Å². The van der Waals surface area contributed by atoms with Gasteiger partial charge in [0, 0.05) is 43.6 Å². The van der Waals surface area contributed by atoms with Crippen molar-refractivity contribution in [1.29, 1.82) is 0 Å². The number of piperazine rings is 1. The van der Waals surface area contributed by atoms with Gasteiger partial charge in [0.25, 0.3) is 0 Å². The van der Waals surface area contributed by atoms with Gasteiger partial charge in [-0.3, -0.25) is 0 Å². The molecule has 0 N–H and O–H groups in total. The zero-order valence-electron chi connectivity index (χ0n) is 14.8. The van der Waals surface area contributed by atoms with E-state index in [1.807, 2.05) is 6.92 Å². The Hall–Kier alpha value is -1.51. The van der Waals surface area contributed by atoms with Crippen LogP contribution in [0.25, 0.3) is 0 Å². The van der Waals surface area contributed by atoms with Crippen molar-refractivity contribution in [2.24, 2.45) is 0 Å². The summed E-state index contributed by atoms with van der Waals surface area (Å²) >= 11 is 1.39. The Labute approximate surface area is 153 Å². The summed E-state index contributed by atoms with van der Waals surface area (Å²) in [5, 5.41) is 0.877. The van der Waals surface area contributed by atoms with E-state index in [4.69, 9.17) is 0 Å². The van der Waals surface area contributed by atoms with Crippen LogP contribution in [-0.4, -0.2) is 53.5 Å². The molecule has 136 valence electrons. The van der Waals surface area contributed by atoms with Gasteiger partial charge in [-0.15, -0.1) is 0 Å². The van der Waals surface area contributed by atoms with E-state index in [1.165, 1.54) is 22.7 Å². The maximum Gasteiger partial charge on any atom is 0.214 e. The third-order valence-corrected chi connectivity index (χ3v) is 7.30. The van der Waals surface area contributed by atoms with E-state index in [1.54, 1.807) is 11.2 Å². The van der Waals surface area contributed by atoms with Crippen LogP contribution in [0.3, 0.4) is 0 Å². The molecular formula is C17H24N4O2S2. The van der Waals surface area contributed by atoms with Crippen LogP contribution in [0.15, 0.2) is 24.3 Å². The zero-order chi connectivity index (χ0) is 18.0. The van der Waals surface area contributed by atoms with E-state index in [2.05, 4.69) is 45.4 Å². The molecule has 1 saturated heterocycles. The number of hydrogen-bond donors (Lipinski definition) is 0. The summed E-state index contributed by atoms with van der Waals surface area (Å²) in [6, 6.07) is 8.34. The Morgan fingerprint density at radius 2 is 1.96 bits per heavy atom. The molecule has 1 aliphatic heterocycles. The van der Waals surface area contributed by atoms with Crippen LogP contribution in [0.2, 0.25) is 0 Å². The van der Waals surface area contributed by atoms with Gasteiger partial charge in [-0.05, 0) is 26.3 Å². The third-order valence-electron chi connectivity index (χ3n) is 4.50. The largest absolute Gasteiger partial charge is 0.344 e. The average Bonchev–Trinajstić information content (AvgIpc) is 3.05. The van der Waals surface area contributed by atoms with Gasteiger partial charge in [-0.25, -0.2) is 13.4 Å². The third kappa shape index (κ3) is 4.19. The van der Waals surface area contributed by atoms with Crippen LogP contribution < -0.4 is 4.90 Å². The molecule has 6 nitrogen and oxygen atoms in total. The van der Waals surface area contributed by atoms with E-state index in [9.17, 15) is 8.42 Å². The van der Waals surface area contributed by atoms with Gasteiger partial charge in [0.05, 0.1) is 5.75 Å². The average molecular weight is 381 g/mol. The second-order valence-electron chi connectivity index (χ2n) is 6.46. The van der Waals surface area contributed by atoms with Gasteiger partial charge in [-0.1, -0.05) is 29.8 Å². The standard InChI is InChI=1S/C17H24N4O2S2/c1-4-25(22,23)21-10-9-20(12-14(21)3)17-18-16(19-24-17)11-15-7-5-13(2)6-8-15/h5-8,14H,4,9-12H2,1-3H3. The molecule has 1 atom stereocenters. The number of hydrogen-bond acceptors (Lipinski definition) is 6. The predicted octanol–water partition coefficient (Wildman–Crippen LogP) is 2.30. The topological polar surface area (TPSA) is 66.4 Å². The molecule has 1 fully saturated rings. The van der Waals surface area contributed by atoms with Crippen molar-refractivity contribution in [3.8, 4) is 0 Å². The molecule has 0 radical (unpaired) electrons. The first-order valence-corrected chi connectivity index (χ1v) is 10.9. The predicted molar refractivity (Wildman–Crippen MR) is 102 cm³/mol. The Morgan fingerprint density at radius 3 is 2.60 bits per heavy atom. The first-order valence-electron chi connectivity index (χ1n) is 8.51. The van der Waals surface area contributed by atoms with Crippen molar-refractivity contribution >= 4 is 26.7 Å². The fourth-order valence-corrected chi connectivity index (χ4v) is 5.05. The van der Waals surface area contributed by atoms with Gasteiger partial charge in [-0.2, -0.15) is 8.68 Å². The van der Waals surface area contributed by atoms with Gasteiger partial charge in [0.15, 0.2) is 0 Å². The first-order chi connectivity index (χ1) is 11.9. The van der Waals surface area contributed by atoms with Crippen molar-refractivity contribution in [2.75, 3.05) is 30.3 Å². The fraction of sp³-hybridized carbons (Fsp3) is 0.529. The van der Waals surface area contributed by atoms with Crippen molar-refractivity contribution in [1.82, 2.24) is 13.7 Å². The second kappa shape index (κ2) is 7.39. The Bertz CT molecular complexity index is 817. The van der Waals surface area contributed by atoms with Crippen LogP contribution in [0.1, 0.15) is 30.8 Å². The molecule has 3 rings (SSSR count). The fourth-order valence-electron chi connectivity index (χ4n) is 3.03. The Kier molecular flexibility index (Phi) is 5.41. The molecular weight excluding hydrogens is 356 g/mol. The van der Waals surface area contributed by atoms with Gasteiger partial charge < -0.3 is 4.90 Å². The molecule has 25 heavy (non-hydrogen) atoms. The summed E-state index contributed by atoms with van der Waals surface area (Å²) in [6.07, 6.45) is 0.719. The highest BCUT2D eigenvalue weighted by molar-refractivity contribution is 7.89. The van der Waals surface area contributed by atoms with Crippen molar-refractivity contribution in [3.63, 3.8) is 0 Å². The molecule has 1 aromatic heterocycles. The molecule has 8 heteroatoms. The number of sulfonamides is 1. The summed E-state index contributed by atoms with van der Waals surface area (Å²) in [7, 11) is -3.14. The number of aryl methyl sites for hydroxylation is 1. The van der Waals surface area contributed by atoms with Gasteiger partial charge in [0.2, 0.25) is 15.2 Å². The lowest BCUT2D eigenvalue weighted by atomic mass is 10.1. The lowest BCUT2D eigenvalue weighted by Gasteiger charge is -2.38. The molecule has 0 amide bonds. The smallest absolute Gasteiger partial charge is 0.214 e. The van der Waals surface area contributed by atoms with E-state index in [0.717, 1.165) is 17.4 Å². The van der Waals surface area contributed by atoms with Crippen molar-refractivity contribution in [2.45, 2.75) is 33.2 Å². The van der Waals surface area contributed by atoms with Crippen LogP contribution in [-0.2, 0) is 16.4 Å². The molecule has 1 unspecified atom stereocenters. The van der Waals surface area contributed by atoms with E-state index < -0.39 is 10.0 Å². The molecule has 0 saturated carbocycles. The zero-order valence-corrected chi connectivity index (χ0v) is 16.5. The number of benzene rings is 1. The summed E-state index contributed by atoms with van der Waals surface area (Å²) in [4.78, 5) is 6.80. The maximum atomic E-state index is 12.1. The summed E-state index contributed by atoms with van der Waals surface area (Å²) in [5.74, 6) is 0.969. The lowest BCUT2D eigenvalue weighted by molar-refractivity contribution is 0.307. The maximum absolute atomic E-state index is 12.1. The highest BCUT2D eigenvalue weighted by atomic mass is 32.2. The number of anilines is 1. The number of aromatic nitrogens is 2. The highest BCUT2D eigenvalue weighted by Gasteiger charge is 2.32. The minimum atomic E-state index is -3.14. The Morgan fingerprint density at radius 1 is 1.24 bits per heavy atom. The van der Waals surface area contributed by atoms with Crippen LogP contribution >= 0.6 is 11.5 Å². The minimum Gasteiger partial charge on any atom is -0.344 e. The van der Waals surface area contributed by atoms with Gasteiger partial charge in [0.1, 0.15) is 5.82 Å². The van der Waals surface area contributed by atoms with Crippen molar-refractivity contribution in [3.05, 3.63) is 41.2 Å². The van der Waals surface area contributed by atoms with E-state index in [0.29, 0.717) is 19.6 Å². The van der Waals surface area contributed by atoms with Crippen LogP contribution in [0.5, 0.6) is 0 Å². The molecule has 1 aliphatic rings. The van der Waals surface area contributed by atoms with Gasteiger partial charge >= 0.3 is 0 Å². The molecule has 2 aromatic rings. The molecule has 1 aromatic carbocycles. The number of nitrogens with zero attached hydrogens (tertiary/aromatic N) is 4. The Balaban J connectivity index is 1.66. The van der Waals surface area contributed by atoms with Crippen LogP contribution in [0.4, 0.5) is 5.13 Å². The first kappa shape index (κ1) is 18.3. The minimum absolute atomic E-state index is 0.0526. The lowest BCUT2D eigenvalue weighted by Crippen LogP contribution is -2.54. The quantitative estimate of drug-likeness (QED) is 0.796. The monoisotopic (exact) mass is 380 g/mol. The highest BCUT2D eigenvalue weighted by Crippen LogP contribution is 2.23. The SMILES string of the molecule is CCS(=O)(=O)N1CCN(c2nc(Cc3ccc(C)cc3)ns2)CC1C. The molecule has 2 heterocycles. The summed E-state index contributed by atoms with van der Waals surface area (Å²) < 4.78 is 30.3. The van der Waals surface area contributed by atoms with E-state index >= 15 is 0 Å². The molecule has 0 aliphatic carbocycles. The summed E-state index contributed by atoms with van der Waals surface area (Å²) in [6.45, 7) is 7.53. The summed E-state index contributed by atoms with van der Waals surface area (Å²) in [5.41, 5.74) is 2.44.